The predicted molar refractivity (Wildman–Crippen MR) is 69.1 cm³/mol. The van der Waals surface area contributed by atoms with Gasteiger partial charge in [-0.25, -0.2) is 8.42 Å². The number of aryl methyl sites for hydroxylation is 1. The van der Waals surface area contributed by atoms with E-state index in [9.17, 15) is 8.42 Å². The molecule has 1 aliphatic heterocycles. The summed E-state index contributed by atoms with van der Waals surface area (Å²) in [4.78, 5) is 0.441. The maximum absolute atomic E-state index is 11.6. The van der Waals surface area contributed by atoms with E-state index in [1.807, 2.05) is 12.1 Å². The molecule has 0 atom stereocenters. The zero-order valence-corrected chi connectivity index (χ0v) is 11.2. The van der Waals surface area contributed by atoms with Crippen molar-refractivity contribution in [2.45, 2.75) is 30.6 Å². The average Bonchev–Trinajstić information content (AvgIpc) is 2.29. The zero-order valence-electron chi connectivity index (χ0n) is 10.4. The second-order valence-corrected chi connectivity index (χ2v) is 6.83. The molecule has 0 spiro atoms. The third-order valence-corrected chi connectivity index (χ3v) is 4.57. The molecular weight excluding hydrogens is 234 g/mol. The molecule has 1 aromatic rings. The van der Waals surface area contributed by atoms with Crippen molar-refractivity contribution in [1.29, 1.82) is 0 Å². The van der Waals surface area contributed by atoms with Crippen LogP contribution in [0.3, 0.4) is 0 Å². The number of piperidine rings is 1. The molecule has 4 heteroatoms. The Hall–Kier alpha value is -0.870. The largest absolute Gasteiger partial charge is 0.317 e. The van der Waals surface area contributed by atoms with E-state index in [4.69, 9.17) is 0 Å². The molecule has 0 unspecified atom stereocenters. The maximum Gasteiger partial charge on any atom is 0.175 e. The second-order valence-electron chi connectivity index (χ2n) is 4.81. The molecule has 0 amide bonds. The molecular formula is C13H19NO2S. The van der Waals surface area contributed by atoms with Crippen molar-refractivity contribution < 1.29 is 8.42 Å². The molecule has 1 N–H and O–H groups in total. The summed E-state index contributed by atoms with van der Waals surface area (Å²) < 4.78 is 23.1. The summed E-state index contributed by atoms with van der Waals surface area (Å²) in [6.07, 6.45) is 3.45. The van der Waals surface area contributed by atoms with Gasteiger partial charge in [-0.2, -0.15) is 0 Å². The topological polar surface area (TPSA) is 46.2 Å². The van der Waals surface area contributed by atoms with Gasteiger partial charge in [-0.15, -0.1) is 0 Å². The summed E-state index contributed by atoms with van der Waals surface area (Å²) in [5.74, 6) is 0.498. The Morgan fingerprint density at radius 1 is 1.24 bits per heavy atom. The normalized spacial score (nSPS) is 18.2. The van der Waals surface area contributed by atoms with Crippen LogP contribution in [0.5, 0.6) is 0 Å². The first-order chi connectivity index (χ1) is 7.98. The maximum atomic E-state index is 11.6. The molecule has 94 valence electrons. The van der Waals surface area contributed by atoms with Crippen molar-refractivity contribution in [3.05, 3.63) is 29.3 Å². The van der Waals surface area contributed by atoms with Gasteiger partial charge in [0.2, 0.25) is 0 Å². The van der Waals surface area contributed by atoms with E-state index in [0.29, 0.717) is 10.8 Å². The van der Waals surface area contributed by atoms with E-state index in [-0.39, 0.29) is 0 Å². The van der Waals surface area contributed by atoms with Crippen LogP contribution >= 0.6 is 0 Å². The van der Waals surface area contributed by atoms with Gasteiger partial charge in [0.05, 0.1) is 4.90 Å². The van der Waals surface area contributed by atoms with Crippen LogP contribution in [0.15, 0.2) is 23.1 Å². The van der Waals surface area contributed by atoms with Gasteiger partial charge < -0.3 is 5.32 Å². The van der Waals surface area contributed by atoms with Gasteiger partial charge in [0.1, 0.15) is 0 Å². The van der Waals surface area contributed by atoms with E-state index < -0.39 is 9.84 Å². The number of rotatable bonds is 2. The fraction of sp³-hybridized carbons (Fsp3) is 0.538. The fourth-order valence-electron chi connectivity index (χ4n) is 2.42. The minimum absolute atomic E-state index is 0.441. The molecule has 0 bridgehead atoms. The van der Waals surface area contributed by atoms with Gasteiger partial charge in [-0.05, 0) is 62.0 Å². The molecule has 0 saturated carbocycles. The van der Waals surface area contributed by atoms with E-state index in [2.05, 4.69) is 12.2 Å². The summed E-state index contributed by atoms with van der Waals surface area (Å²) in [5, 5.41) is 3.33. The van der Waals surface area contributed by atoms with Crippen LogP contribution in [0, 0.1) is 6.92 Å². The third-order valence-electron chi connectivity index (χ3n) is 3.46. The SMILES string of the molecule is Cc1ccc(S(C)(=O)=O)cc1C1CCNCC1. The van der Waals surface area contributed by atoms with E-state index in [1.54, 1.807) is 6.07 Å². The van der Waals surface area contributed by atoms with Crippen LogP contribution in [0.4, 0.5) is 0 Å². The summed E-state index contributed by atoms with van der Waals surface area (Å²) >= 11 is 0. The number of sulfone groups is 1. The summed E-state index contributed by atoms with van der Waals surface area (Å²) in [6.45, 7) is 4.10. The number of hydrogen-bond donors (Lipinski definition) is 1. The summed E-state index contributed by atoms with van der Waals surface area (Å²) in [6, 6.07) is 5.49. The Morgan fingerprint density at radius 2 is 1.88 bits per heavy atom. The first kappa shape index (κ1) is 12.6. The molecule has 1 saturated heterocycles. The quantitative estimate of drug-likeness (QED) is 0.875. The van der Waals surface area contributed by atoms with E-state index >= 15 is 0 Å². The summed E-state index contributed by atoms with van der Waals surface area (Å²) in [7, 11) is -3.10. The number of nitrogens with one attached hydrogen (secondary N) is 1. The predicted octanol–water partition coefficient (Wildman–Crippen LogP) is 1.87. The minimum atomic E-state index is -3.10. The van der Waals surface area contributed by atoms with E-state index in [1.165, 1.54) is 17.4 Å². The van der Waals surface area contributed by atoms with Gasteiger partial charge in [0.15, 0.2) is 9.84 Å². The van der Waals surface area contributed by atoms with Gasteiger partial charge in [0.25, 0.3) is 0 Å². The van der Waals surface area contributed by atoms with Crippen molar-refractivity contribution in [1.82, 2.24) is 5.32 Å². The van der Waals surface area contributed by atoms with Crippen LogP contribution in [-0.4, -0.2) is 27.8 Å². The molecule has 1 aromatic carbocycles. The smallest absolute Gasteiger partial charge is 0.175 e. The molecule has 0 radical (unpaired) electrons. The first-order valence-corrected chi connectivity index (χ1v) is 7.89. The highest BCUT2D eigenvalue weighted by Gasteiger charge is 2.19. The van der Waals surface area contributed by atoms with Gasteiger partial charge in [-0.1, -0.05) is 6.07 Å². The molecule has 0 aliphatic carbocycles. The van der Waals surface area contributed by atoms with Crippen LogP contribution in [0.1, 0.15) is 29.9 Å². The Labute approximate surface area is 103 Å². The van der Waals surface area contributed by atoms with E-state index in [0.717, 1.165) is 25.9 Å². The standard InChI is InChI=1S/C13H19NO2S/c1-10-3-4-12(17(2,15)16)9-13(10)11-5-7-14-8-6-11/h3-4,9,11,14H,5-8H2,1-2H3. The molecule has 1 aliphatic rings. The lowest BCUT2D eigenvalue weighted by Crippen LogP contribution is -2.27. The number of benzene rings is 1. The lowest BCUT2D eigenvalue weighted by atomic mass is 9.87. The highest BCUT2D eigenvalue weighted by molar-refractivity contribution is 7.90. The van der Waals surface area contributed by atoms with Crippen molar-refractivity contribution in [3.63, 3.8) is 0 Å². The molecule has 2 rings (SSSR count). The van der Waals surface area contributed by atoms with Crippen molar-refractivity contribution >= 4 is 9.84 Å². The monoisotopic (exact) mass is 253 g/mol. The Balaban J connectivity index is 2.38. The molecule has 3 nitrogen and oxygen atoms in total. The molecule has 17 heavy (non-hydrogen) atoms. The second kappa shape index (κ2) is 4.78. The van der Waals surface area contributed by atoms with Gasteiger partial charge in [-0.3, -0.25) is 0 Å². The Kier molecular flexibility index (Phi) is 3.54. The third kappa shape index (κ3) is 2.87. The number of hydrogen-bond acceptors (Lipinski definition) is 3. The highest BCUT2D eigenvalue weighted by Crippen LogP contribution is 2.29. The zero-order chi connectivity index (χ0) is 12.5. The van der Waals surface area contributed by atoms with Crippen molar-refractivity contribution in [2.75, 3.05) is 19.3 Å². The Morgan fingerprint density at radius 3 is 2.47 bits per heavy atom. The van der Waals surface area contributed by atoms with Crippen molar-refractivity contribution in [2.24, 2.45) is 0 Å². The van der Waals surface area contributed by atoms with Crippen LogP contribution in [-0.2, 0) is 9.84 Å². The average molecular weight is 253 g/mol. The van der Waals surface area contributed by atoms with Gasteiger partial charge >= 0.3 is 0 Å². The van der Waals surface area contributed by atoms with Crippen LogP contribution in [0.25, 0.3) is 0 Å². The van der Waals surface area contributed by atoms with Crippen LogP contribution in [0.2, 0.25) is 0 Å². The lowest BCUT2D eigenvalue weighted by Gasteiger charge is -2.24. The first-order valence-electron chi connectivity index (χ1n) is 6.00. The van der Waals surface area contributed by atoms with Crippen molar-refractivity contribution in [3.8, 4) is 0 Å². The summed E-state index contributed by atoms with van der Waals surface area (Å²) in [5.41, 5.74) is 2.40. The lowest BCUT2D eigenvalue weighted by molar-refractivity contribution is 0.458. The molecule has 1 heterocycles. The minimum Gasteiger partial charge on any atom is -0.317 e. The highest BCUT2D eigenvalue weighted by atomic mass is 32.2. The fourth-order valence-corrected chi connectivity index (χ4v) is 3.08. The molecule has 0 aromatic heterocycles. The van der Waals surface area contributed by atoms with Crippen LogP contribution < -0.4 is 5.32 Å². The van der Waals surface area contributed by atoms with Gasteiger partial charge in [0, 0.05) is 6.26 Å². The Bertz CT molecular complexity index is 502. The molecule has 1 fully saturated rings.